The van der Waals surface area contributed by atoms with E-state index in [1.165, 1.54) is 0 Å². The number of methoxy groups -OCH3 is 2. The van der Waals surface area contributed by atoms with Crippen molar-refractivity contribution in [3.8, 4) is 11.5 Å². The van der Waals surface area contributed by atoms with Crippen LogP contribution in [0.25, 0.3) is 0 Å². The van der Waals surface area contributed by atoms with Crippen LogP contribution >= 0.6 is 12.4 Å². The van der Waals surface area contributed by atoms with Crippen LogP contribution in [0.3, 0.4) is 0 Å². The quantitative estimate of drug-likeness (QED) is 0.884. The molecule has 1 aliphatic rings. The molecule has 1 fully saturated rings. The third-order valence-corrected chi connectivity index (χ3v) is 3.05. The van der Waals surface area contributed by atoms with Gasteiger partial charge in [0.05, 0.1) is 20.1 Å². The maximum absolute atomic E-state index is 12.0. The molecule has 0 aromatic heterocycles. The van der Waals surface area contributed by atoms with Crippen molar-refractivity contribution in [3.63, 3.8) is 0 Å². The first kappa shape index (κ1) is 15.6. The van der Waals surface area contributed by atoms with Gasteiger partial charge in [0, 0.05) is 30.4 Å². The molecular weight excluding hydrogens is 268 g/mol. The minimum absolute atomic E-state index is 0. The fraction of sp³-hybridized carbons (Fsp3) is 0.462. The lowest BCUT2D eigenvalue weighted by molar-refractivity contribution is -0.119. The van der Waals surface area contributed by atoms with Gasteiger partial charge in [-0.2, -0.15) is 0 Å². The van der Waals surface area contributed by atoms with Crippen molar-refractivity contribution in [2.45, 2.75) is 6.42 Å². The normalized spacial score (nSPS) is 17.5. The molecule has 6 heteroatoms. The van der Waals surface area contributed by atoms with Gasteiger partial charge in [-0.25, -0.2) is 0 Å². The molecule has 5 nitrogen and oxygen atoms in total. The first-order valence-electron chi connectivity index (χ1n) is 5.97. The Labute approximate surface area is 119 Å². The summed E-state index contributed by atoms with van der Waals surface area (Å²) < 4.78 is 10.3. The van der Waals surface area contributed by atoms with Crippen LogP contribution in [0.5, 0.6) is 11.5 Å². The molecule has 1 aromatic rings. The van der Waals surface area contributed by atoms with Crippen molar-refractivity contribution in [2.24, 2.45) is 5.92 Å². The molecule has 0 bridgehead atoms. The van der Waals surface area contributed by atoms with Gasteiger partial charge in [-0.15, -0.1) is 12.4 Å². The Morgan fingerprint density at radius 2 is 1.89 bits per heavy atom. The van der Waals surface area contributed by atoms with Crippen molar-refractivity contribution < 1.29 is 14.3 Å². The van der Waals surface area contributed by atoms with Crippen molar-refractivity contribution in [1.82, 2.24) is 5.32 Å². The molecular formula is C13H19ClN2O3. The summed E-state index contributed by atoms with van der Waals surface area (Å²) >= 11 is 0. The van der Waals surface area contributed by atoms with E-state index in [0.717, 1.165) is 19.5 Å². The number of halogens is 1. The highest BCUT2D eigenvalue weighted by Gasteiger charge is 2.22. The molecule has 2 N–H and O–H groups in total. The van der Waals surface area contributed by atoms with Gasteiger partial charge in [-0.3, -0.25) is 4.79 Å². The number of amides is 1. The number of hydrogen-bond acceptors (Lipinski definition) is 4. The van der Waals surface area contributed by atoms with Crippen LogP contribution in [0.1, 0.15) is 6.42 Å². The first-order chi connectivity index (χ1) is 8.72. The van der Waals surface area contributed by atoms with Gasteiger partial charge < -0.3 is 20.1 Å². The molecule has 1 heterocycles. The molecule has 1 saturated heterocycles. The van der Waals surface area contributed by atoms with E-state index < -0.39 is 0 Å². The van der Waals surface area contributed by atoms with Crippen LogP contribution in [0.4, 0.5) is 5.69 Å². The number of rotatable bonds is 4. The van der Waals surface area contributed by atoms with E-state index >= 15 is 0 Å². The summed E-state index contributed by atoms with van der Waals surface area (Å²) in [6, 6.07) is 5.33. The minimum atomic E-state index is 0. The number of carbonyl (C=O) groups is 1. The van der Waals surface area contributed by atoms with E-state index in [1.807, 2.05) is 0 Å². The van der Waals surface area contributed by atoms with Gasteiger partial charge in [0.1, 0.15) is 11.5 Å². The lowest BCUT2D eigenvalue weighted by Crippen LogP contribution is -2.24. The van der Waals surface area contributed by atoms with Crippen LogP contribution in [-0.4, -0.2) is 33.2 Å². The molecule has 1 aliphatic heterocycles. The highest BCUT2D eigenvalue weighted by atomic mass is 35.5. The Balaban J connectivity index is 0.00000180. The van der Waals surface area contributed by atoms with Crippen LogP contribution in [0.2, 0.25) is 0 Å². The lowest BCUT2D eigenvalue weighted by Gasteiger charge is -2.12. The van der Waals surface area contributed by atoms with Crippen LogP contribution < -0.4 is 20.1 Å². The van der Waals surface area contributed by atoms with E-state index in [9.17, 15) is 4.79 Å². The summed E-state index contributed by atoms with van der Waals surface area (Å²) in [5.74, 6) is 1.40. The molecule has 106 valence electrons. The maximum Gasteiger partial charge on any atom is 0.228 e. The van der Waals surface area contributed by atoms with E-state index in [-0.39, 0.29) is 24.2 Å². The second kappa shape index (κ2) is 7.21. The molecule has 1 amide bonds. The zero-order valence-electron chi connectivity index (χ0n) is 11.1. The topological polar surface area (TPSA) is 59.6 Å². The standard InChI is InChI=1S/C13H18N2O3.ClH/c1-17-11-5-10(6-12(7-11)18-2)15-13(16)9-3-4-14-8-9;/h5-7,9,14H,3-4,8H2,1-2H3,(H,15,16);1H. The van der Waals surface area contributed by atoms with Crippen molar-refractivity contribution in [2.75, 3.05) is 32.6 Å². The molecule has 19 heavy (non-hydrogen) atoms. The largest absolute Gasteiger partial charge is 0.497 e. The second-order valence-corrected chi connectivity index (χ2v) is 4.28. The Morgan fingerprint density at radius 1 is 1.26 bits per heavy atom. The fourth-order valence-electron chi connectivity index (χ4n) is 2.00. The van der Waals surface area contributed by atoms with Gasteiger partial charge >= 0.3 is 0 Å². The zero-order chi connectivity index (χ0) is 13.0. The van der Waals surface area contributed by atoms with Crippen LogP contribution in [-0.2, 0) is 4.79 Å². The number of benzene rings is 1. The number of carbonyl (C=O) groups excluding carboxylic acids is 1. The summed E-state index contributed by atoms with van der Waals surface area (Å²) in [5.41, 5.74) is 0.697. The maximum atomic E-state index is 12.0. The SMILES string of the molecule is COc1cc(NC(=O)C2CCNC2)cc(OC)c1.Cl. The van der Waals surface area contributed by atoms with Gasteiger partial charge in [-0.1, -0.05) is 0 Å². The predicted molar refractivity (Wildman–Crippen MR) is 76.4 cm³/mol. The molecule has 2 rings (SSSR count). The van der Waals surface area contributed by atoms with E-state index in [0.29, 0.717) is 17.2 Å². The Morgan fingerprint density at radius 3 is 2.37 bits per heavy atom. The van der Waals surface area contributed by atoms with Crippen LogP contribution in [0.15, 0.2) is 18.2 Å². The Bertz CT molecular complexity index is 412. The summed E-state index contributed by atoms with van der Waals surface area (Å²) in [4.78, 5) is 12.0. The highest BCUT2D eigenvalue weighted by molar-refractivity contribution is 5.93. The molecule has 0 spiro atoms. The Kier molecular flexibility index (Phi) is 5.92. The smallest absolute Gasteiger partial charge is 0.228 e. The van der Waals surface area contributed by atoms with E-state index in [4.69, 9.17) is 9.47 Å². The third kappa shape index (κ3) is 4.01. The number of anilines is 1. The number of hydrogen-bond donors (Lipinski definition) is 2. The first-order valence-corrected chi connectivity index (χ1v) is 5.97. The highest BCUT2D eigenvalue weighted by Crippen LogP contribution is 2.26. The second-order valence-electron chi connectivity index (χ2n) is 4.28. The number of nitrogens with one attached hydrogen (secondary N) is 2. The van der Waals surface area contributed by atoms with Crippen molar-refractivity contribution in [1.29, 1.82) is 0 Å². The molecule has 0 radical (unpaired) electrons. The van der Waals surface area contributed by atoms with E-state index in [1.54, 1.807) is 32.4 Å². The van der Waals surface area contributed by atoms with E-state index in [2.05, 4.69) is 10.6 Å². The average molecular weight is 287 g/mol. The number of ether oxygens (including phenoxy) is 2. The average Bonchev–Trinajstić information content (AvgIpc) is 2.92. The van der Waals surface area contributed by atoms with Gasteiger partial charge in [0.25, 0.3) is 0 Å². The summed E-state index contributed by atoms with van der Waals surface area (Å²) in [6.45, 7) is 1.65. The fourth-order valence-corrected chi connectivity index (χ4v) is 2.00. The zero-order valence-corrected chi connectivity index (χ0v) is 11.9. The predicted octanol–water partition coefficient (Wildman–Crippen LogP) is 1.67. The van der Waals surface area contributed by atoms with Gasteiger partial charge in [0.15, 0.2) is 0 Å². The molecule has 0 aliphatic carbocycles. The molecule has 1 aromatic carbocycles. The van der Waals surface area contributed by atoms with Crippen LogP contribution in [0, 0.1) is 5.92 Å². The summed E-state index contributed by atoms with van der Waals surface area (Å²) in [6.07, 6.45) is 0.882. The summed E-state index contributed by atoms with van der Waals surface area (Å²) in [5, 5.41) is 6.07. The van der Waals surface area contributed by atoms with Crippen molar-refractivity contribution >= 4 is 24.0 Å². The van der Waals surface area contributed by atoms with Gasteiger partial charge in [-0.05, 0) is 13.0 Å². The molecule has 1 atom stereocenters. The minimum Gasteiger partial charge on any atom is -0.497 e. The molecule has 0 saturated carbocycles. The molecule has 1 unspecified atom stereocenters. The summed E-state index contributed by atoms with van der Waals surface area (Å²) in [7, 11) is 3.17. The van der Waals surface area contributed by atoms with Crippen molar-refractivity contribution in [3.05, 3.63) is 18.2 Å². The lowest BCUT2D eigenvalue weighted by atomic mass is 10.1. The Hall–Kier alpha value is -1.46. The third-order valence-electron chi connectivity index (χ3n) is 3.05. The monoisotopic (exact) mass is 286 g/mol. The van der Waals surface area contributed by atoms with Gasteiger partial charge in [0.2, 0.25) is 5.91 Å².